The van der Waals surface area contributed by atoms with Crippen molar-refractivity contribution in [2.24, 2.45) is 0 Å². The molecule has 2 aromatic rings. The molecule has 8 heteroatoms. The smallest absolute Gasteiger partial charge is 0.341 e. The molecule has 144 valence electrons. The molecule has 0 radical (unpaired) electrons. The van der Waals surface area contributed by atoms with Gasteiger partial charge in [-0.25, -0.2) is 8.42 Å². The maximum Gasteiger partial charge on any atom is 0.341 e. The van der Waals surface area contributed by atoms with Crippen molar-refractivity contribution in [3.63, 3.8) is 0 Å². The zero-order valence-electron chi connectivity index (χ0n) is 14.6. The summed E-state index contributed by atoms with van der Waals surface area (Å²) in [6.45, 7) is 1.64. The van der Waals surface area contributed by atoms with Crippen molar-refractivity contribution >= 4 is 21.4 Å². The van der Waals surface area contributed by atoms with Gasteiger partial charge in [-0.15, -0.1) is 0 Å². The summed E-state index contributed by atoms with van der Waals surface area (Å²) in [7, 11) is -4.67. The number of hydrogen-bond acceptors (Lipinski definition) is 4. The Morgan fingerprint density at radius 1 is 1.04 bits per heavy atom. The molecule has 1 saturated heterocycles. The molecule has 0 aromatic heterocycles. The molecule has 0 atom stereocenters. The van der Waals surface area contributed by atoms with E-state index in [0.717, 1.165) is 24.1 Å². The van der Waals surface area contributed by atoms with E-state index in [9.17, 15) is 22.0 Å². The van der Waals surface area contributed by atoms with E-state index in [1.54, 1.807) is 6.07 Å². The fourth-order valence-corrected chi connectivity index (χ4v) is 3.92. The molecule has 1 aliphatic heterocycles. The second-order valence-electron chi connectivity index (χ2n) is 6.39. The predicted molar refractivity (Wildman–Crippen MR) is 98.1 cm³/mol. The van der Waals surface area contributed by atoms with E-state index in [4.69, 9.17) is 0 Å². The number of carbonyl (C=O) groups excluding carboxylic acids is 1. The van der Waals surface area contributed by atoms with E-state index in [0.29, 0.717) is 19.5 Å². The maximum atomic E-state index is 12.8. The number of nitrogens with one attached hydrogen (secondary N) is 1. The Bertz CT molecular complexity index is 915. The maximum absolute atomic E-state index is 12.8. The summed E-state index contributed by atoms with van der Waals surface area (Å²) in [5, 5.41) is 2.91. The van der Waals surface area contributed by atoms with Crippen molar-refractivity contribution in [1.29, 1.82) is 0 Å². The first kappa shape index (κ1) is 19.3. The van der Waals surface area contributed by atoms with Crippen molar-refractivity contribution in [1.82, 2.24) is 4.90 Å². The number of para-hydroxylation sites is 1. The molecule has 0 spiro atoms. The number of sulfone groups is 1. The summed E-state index contributed by atoms with van der Waals surface area (Å²) in [5.74, 6) is -3.30. The minimum Gasteiger partial charge on any atom is -0.380 e. The fourth-order valence-electron chi connectivity index (χ4n) is 3.01. The molecule has 1 amide bonds. The van der Waals surface area contributed by atoms with Gasteiger partial charge in [0.25, 0.3) is 0 Å². The highest BCUT2D eigenvalue weighted by Gasteiger charge is 2.28. The van der Waals surface area contributed by atoms with Gasteiger partial charge in [0.2, 0.25) is 15.7 Å². The van der Waals surface area contributed by atoms with Crippen LogP contribution in [-0.2, 0) is 27.7 Å². The van der Waals surface area contributed by atoms with E-state index >= 15 is 0 Å². The third-order valence-corrected chi connectivity index (χ3v) is 5.92. The van der Waals surface area contributed by atoms with Crippen molar-refractivity contribution < 1.29 is 22.0 Å². The standard InChI is InChI=1S/C19H20F2N2O3S/c20-19(21)27(25,26)17-5-2-1-4-16(17)22-12-14-7-9-15(10-8-14)13-23-11-3-6-18(23)24/h1-2,4-5,7-10,19,22H,3,6,11-13H2. The number of amides is 1. The van der Waals surface area contributed by atoms with Crippen LogP contribution >= 0.6 is 0 Å². The van der Waals surface area contributed by atoms with Crippen LogP contribution in [0.15, 0.2) is 53.4 Å². The van der Waals surface area contributed by atoms with Crippen LogP contribution in [0.4, 0.5) is 14.5 Å². The molecule has 0 aliphatic carbocycles. The predicted octanol–water partition coefficient (Wildman–Crippen LogP) is 3.42. The lowest BCUT2D eigenvalue weighted by Gasteiger charge is -2.16. The summed E-state index contributed by atoms with van der Waals surface area (Å²) < 4.78 is 49.2. The lowest BCUT2D eigenvalue weighted by Crippen LogP contribution is -2.23. The van der Waals surface area contributed by atoms with Crippen LogP contribution in [0.5, 0.6) is 0 Å². The van der Waals surface area contributed by atoms with E-state index < -0.39 is 20.5 Å². The van der Waals surface area contributed by atoms with Crippen molar-refractivity contribution in [2.45, 2.75) is 36.6 Å². The zero-order chi connectivity index (χ0) is 19.4. The molecule has 0 unspecified atom stereocenters. The van der Waals surface area contributed by atoms with Crippen molar-refractivity contribution in [3.05, 3.63) is 59.7 Å². The van der Waals surface area contributed by atoms with Gasteiger partial charge in [0.15, 0.2) is 0 Å². The van der Waals surface area contributed by atoms with Gasteiger partial charge < -0.3 is 10.2 Å². The molecule has 1 aliphatic rings. The lowest BCUT2D eigenvalue weighted by atomic mass is 10.1. The summed E-state index contributed by atoms with van der Waals surface area (Å²) in [6.07, 6.45) is 1.49. The van der Waals surface area contributed by atoms with Gasteiger partial charge in [-0.3, -0.25) is 4.79 Å². The zero-order valence-corrected chi connectivity index (χ0v) is 15.4. The Labute approximate surface area is 156 Å². The summed E-state index contributed by atoms with van der Waals surface area (Å²) in [4.78, 5) is 13.1. The van der Waals surface area contributed by atoms with Crippen LogP contribution in [0.1, 0.15) is 24.0 Å². The van der Waals surface area contributed by atoms with E-state index in [-0.39, 0.29) is 11.6 Å². The largest absolute Gasteiger partial charge is 0.380 e. The number of carbonyl (C=O) groups is 1. The molecule has 1 heterocycles. The number of nitrogens with zero attached hydrogens (tertiary/aromatic N) is 1. The lowest BCUT2D eigenvalue weighted by molar-refractivity contribution is -0.128. The first-order valence-electron chi connectivity index (χ1n) is 8.58. The average molecular weight is 394 g/mol. The first-order valence-corrected chi connectivity index (χ1v) is 10.1. The second-order valence-corrected chi connectivity index (χ2v) is 8.28. The molecular weight excluding hydrogens is 374 g/mol. The Kier molecular flexibility index (Phi) is 5.74. The molecule has 0 saturated carbocycles. The second kappa shape index (κ2) is 8.04. The van der Waals surface area contributed by atoms with Crippen molar-refractivity contribution in [3.8, 4) is 0 Å². The molecule has 27 heavy (non-hydrogen) atoms. The number of benzene rings is 2. The summed E-state index contributed by atoms with van der Waals surface area (Å²) in [6, 6.07) is 13.2. The molecular formula is C19H20F2N2O3S. The van der Waals surface area contributed by atoms with Gasteiger partial charge in [0, 0.05) is 26.1 Å². The van der Waals surface area contributed by atoms with Crippen LogP contribution < -0.4 is 5.32 Å². The van der Waals surface area contributed by atoms with Gasteiger partial charge in [-0.05, 0) is 29.7 Å². The molecule has 1 fully saturated rings. The third-order valence-electron chi connectivity index (χ3n) is 4.48. The molecule has 0 bridgehead atoms. The van der Waals surface area contributed by atoms with Crippen molar-refractivity contribution in [2.75, 3.05) is 11.9 Å². The van der Waals surface area contributed by atoms with Crippen LogP contribution in [0.2, 0.25) is 0 Å². The highest BCUT2D eigenvalue weighted by atomic mass is 32.2. The van der Waals surface area contributed by atoms with Gasteiger partial charge in [-0.2, -0.15) is 8.78 Å². The third kappa shape index (κ3) is 4.44. The molecule has 5 nitrogen and oxygen atoms in total. The Balaban J connectivity index is 1.67. The number of alkyl halides is 2. The highest BCUT2D eigenvalue weighted by molar-refractivity contribution is 7.91. The summed E-state index contributed by atoms with van der Waals surface area (Å²) in [5.41, 5.74) is 2.02. The summed E-state index contributed by atoms with van der Waals surface area (Å²) >= 11 is 0. The van der Waals surface area contributed by atoms with Gasteiger partial charge in [0.05, 0.1) is 10.6 Å². The van der Waals surface area contributed by atoms with E-state index in [1.165, 1.54) is 18.2 Å². The SMILES string of the molecule is O=C1CCCN1Cc1ccc(CNc2ccccc2S(=O)(=O)C(F)F)cc1. The van der Waals surface area contributed by atoms with E-state index in [1.807, 2.05) is 29.2 Å². The number of rotatable bonds is 7. The molecule has 2 aromatic carbocycles. The molecule has 3 rings (SSSR count). The van der Waals surface area contributed by atoms with Gasteiger partial charge in [-0.1, -0.05) is 36.4 Å². The van der Waals surface area contributed by atoms with Gasteiger partial charge >= 0.3 is 5.76 Å². The van der Waals surface area contributed by atoms with Crippen LogP contribution in [0.25, 0.3) is 0 Å². The van der Waals surface area contributed by atoms with Crippen LogP contribution in [0.3, 0.4) is 0 Å². The van der Waals surface area contributed by atoms with Crippen LogP contribution in [-0.4, -0.2) is 31.5 Å². The quantitative estimate of drug-likeness (QED) is 0.782. The Morgan fingerprint density at radius 3 is 2.33 bits per heavy atom. The number of likely N-dealkylation sites (tertiary alicyclic amines) is 1. The normalized spacial score (nSPS) is 14.8. The fraction of sp³-hybridized carbons (Fsp3) is 0.316. The minimum absolute atomic E-state index is 0.143. The number of hydrogen-bond donors (Lipinski definition) is 1. The number of anilines is 1. The number of halogens is 2. The minimum atomic E-state index is -4.67. The Hall–Kier alpha value is -2.48. The van der Waals surface area contributed by atoms with Crippen LogP contribution in [0, 0.1) is 0 Å². The first-order chi connectivity index (χ1) is 12.9. The topological polar surface area (TPSA) is 66.5 Å². The highest BCUT2D eigenvalue weighted by Crippen LogP contribution is 2.26. The monoisotopic (exact) mass is 394 g/mol. The Morgan fingerprint density at radius 2 is 1.70 bits per heavy atom. The average Bonchev–Trinajstić information content (AvgIpc) is 3.06. The molecule has 1 N–H and O–H groups in total. The van der Waals surface area contributed by atoms with Gasteiger partial charge in [0.1, 0.15) is 0 Å². The van der Waals surface area contributed by atoms with E-state index in [2.05, 4.69) is 5.32 Å².